The monoisotopic (exact) mass is 675 g/mol. The lowest BCUT2D eigenvalue weighted by atomic mass is 10.0. The van der Waals surface area contributed by atoms with E-state index in [1.165, 1.54) is 12.1 Å². The third-order valence-corrected chi connectivity index (χ3v) is 7.62. The molecule has 49 heavy (non-hydrogen) atoms. The molecule has 0 aliphatic rings. The van der Waals surface area contributed by atoms with Gasteiger partial charge in [-0.05, 0) is 71.1 Å². The van der Waals surface area contributed by atoms with Crippen molar-refractivity contribution in [2.75, 3.05) is 6.54 Å². The summed E-state index contributed by atoms with van der Waals surface area (Å²) >= 11 is 0. The average molecular weight is 676 g/mol. The summed E-state index contributed by atoms with van der Waals surface area (Å²) in [6.45, 7) is 0.245. The minimum absolute atomic E-state index is 0.0449. The van der Waals surface area contributed by atoms with Crippen molar-refractivity contribution in [3.63, 3.8) is 0 Å². The Balaban J connectivity index is 1.39. The maximum absolute atomic E-state index is 13.4. The van der Waals surface area contributed by atoms with Gasteiger partial charge in [-0.2, -0.15) is 13.2 Å². The van der Waals surface area contributed by atoms with Gasteiger partial charge >= 0.3 is 6.18 Å². The molecule has 4 amide bonds. The molecule has 9 N–H and O–H groups in total. The minimum Gasteiger partial charge on any atom is -0.370 e. The number of nitrogens with two attached hydrogens (primary N) is 3. The highest BCUT2D eigenvalue weighted by molar-refractivity contribution is 5.98. The molecule has 256 valence electrons. The van der Waals surface area contributed by atoms with Crippen molar-refractivity contribution in [1.82, 2.24) is 16.0 Å². The fourth-order valence-corrected chi connectivity index (χ4v) is 4.98. The van der Waals surface area contributed by atoms with E-state index in [-0.39, 0.29) is 43.0 Å². The number of halogens is 3. The fraction of sp³-hybridized carbons (Fsp3) is 0.229. The highest BCUT2D eigenvalue weighted by Gasteiger charge is 2.30. The van der Waals surface area contributed by atoms with Crippen LogP contribution in [0.15, 0.2) is 96.0 Å². The predicted octanol–water partition coefficient (Wildman–Crippen LogP) is 3.15. The van der Waals surface area contributed by atoms with Crippen LogP contribution in [0.5, 0.6) is 0 Å². The molecule has 0 bridgehead atoms. The van der Waals surface area contributed by atoms with Gasteiger partial charge in [0.25, 0.3) is 11.8 Å². The number of carbonyl (C=O) groups excluding carboxylic acids is 4. The lowest BCUT2D eigenvalue weighted by Gasteiger charge is -2.22. The van der Waals surface area contributed by atoms with Crippen molar-refractivity contribution in [2.45, 2.75) is 44.1 Å². The first kappa shape index (κ1) is 35.9. The van der Waals surface area contributed by atoms with E-state index in [1.54, 1.807) is 12.1 Å². The summed E-state index contributed by atoms with van der Waals surface area (Å²) in [5.74, 6) is -2.63. The summed E-state index contributed by atoms with van der Waals surface area (Å²) in [7, 11) is 0. The molecule has 0 aliphatic carbocycles. The zero-order valence-corrected chi connectivity index (χ0v) is 26.3. The molecule has 0 aliphatic heterocycles. The molecule has 0 spiro atoms. The summed E-state index contributed by atoms with van der Waals surface area (Å²) in [6, 6.07) is 21.3. The van der Waals surface area contributed by atoms with E-state index in [9.17, 15) is 32.3 Å². The molecular formula is C35H36F3N7O4. The summed E-state index contributed by atoms with van der Waals surface area (Å²) in [5.41, 5.74) is 17.3. The van der Waals surface area contributed by atoms with Crippen molar-refractivity contribution in [2.24, 2.45) is 22.2 Å². The number of carbonyl (C=O) groups is 4. The smallest absolute Gasteiger partial charge is 0.370 e. The van der Waals surface area contributed by atoms with Gasteiger partial charge in [-0.15, -0.1) is 0 Å². The normalized spacial score (nSPS) is 12.4. The summed E-state index contributed by atoms with van der Waals surface area (Å²) in [5, 5.41) is 9.97. The van der Waals surface area contributed by atoms with Crippen LogP contribution in [-0.2, 0) is 28.7 Å². The van der Waals surface area contributed by atoms with Crippen LogP contribution in [0.3, 0.4) is 0 Å². The van der Waals surface area contributed by atoms with Crippen LogP contribution in [-0.4, -0.2) is 48.2 Å². The molecule has 2 atom stereocenters. The molecule has 0 radical (unpaired) electrons. The number of hydrogen-bond donors (Lipinski definition) is 6. The lowest BCUT2D eigenvalue weighted by molar-refractivity contribution is -0.137. The number of fused-ring (bicyclic) bond motifs is 1. The molecule has 0 saturated heterocycles. The SMILES string of the molecule is NC(=O)[C@H](Cc1ccc2ccccc2c1)NC(=O)[C@H](CCCN=C(N)N)NC(=O)c1ccc(CNC(=O)c2ccc(C(F)(F)F)cc2)cc1. The van der Waals surface area contributed by atoms with Crippen molar-refractivity contribution < 1.29 is 32.3 Å². The number of primary amides is 1. The zero-order chi connectivity index (χ0) is 35.6. The Bertz CT molecular complexity index is 1820. The standard InChI is InChI=1S/C35H36F3N7O4/c36-35(37,38)27-15-13-24(14-16-27)31(47)43-20-21-7-11-25(12-8-21)32(48)44-28(6-3-17-42-34(40)41)33(49)45-29(30(39)46)19-22-9-10-23-4-1-2-5-26(23)18-22/h1-2,4-5,7-16,18,28-29H,3,6,17,19-20H2,(H2,39,46)(H,43,47)(H,44,48)(H,45,49)(H4,40,41,42)/t28-,29-/m0/s1. The second-order valence-electron chi connectivity index (χ2n) is 11.3. The van der Waals surface area contributed by atoms with Gasteiger partial charge in [0.05, 0.1) is 5.56 Å². The molecule has 11 nitrogen and oxygen atoms in total. The summed E-state index contributed by atoms with van der Waals surface area (Å²) < 4.78 is 38.4. The Hall–Kier alpha value is -5.92. The van der Waals surface area contributed by atoms with Gasteiger partial charge in [-0.3, -0.25) is 24.2 Å². The molecule has 0 aromatic heterocycles. The second-order valence-corrected chi connectivity index (χ2v) is 11.3. The van der Waals surface area contributed by atoms with Gasteiger partial charge in [0.15, 0.2) is 5.96 Å². The maximum Gasteiger partial charge on any atom is 0.416 e. The van der Waals surface area contributed by atoms with E-state index in [2.05, 4.69) is 20.9 Å². The Morgan fingerprint density at radius 3 is 1.96 bits per heavy atom. The van der Waals surface area contributed by atoms with Gasteiger partial charge in [-0.1, -0.05) is 54.6 Å². The van der Waals surface area contributed by atoms with E-state index in [0.29, 0.717) is 12.0 Å². The molecular weight excluding hydrogens is 639 g/mol. The van der Waals surface area contributed by atoms with Crippen molar-refractivity contribution >= 4 is 40.4 Å². The number of nitrogens with one attached hydrogen (secondary N) is 3. The molecule has 0 fully saturated rings. The fourth-order valence-electron chi connectivity index (χ4n) is 4.98. The van der Waals surface area contributed by atoms with E-state index < -0.39 is 47.5 Å². The molecule has 4 rings (SSSR count). The minimum atomic E-state index is -4.51. The first-order chi connectivity index (χ1) is 23.3. The Morgan fingerprint density at radius 1 is 0.714 bits per heavy atom. The van der Waals surface area contributed by atoms with Gasteiger partial charge in [-0.25, -0.2) is 0 Å². The van der Waals surface area contributed by atoms with Crippen LogP contribution in [0.1, 0.15) is 50.2 Å². The maximum atomic E-state index is 13.4. The number of rotatable bonds is 14. The van der Waals surface area contributed by atoms with Crippen molar-refractivity contribution in [3.8, 4) is 0 Å². The van der Waals surface area contributed by atoms with Gasteiger partial charge < -0.3 is 33.2 Å². The summed E-state index contributed by atoms with van der Waals surface area (Å²) in [4.78, 5) is 55.3. The van der Waals surface area contributed by atoms with Crippen LogP contribution < -0.4 is 33.2 Å². The third kappa shape index (κ3) is 10.5. The van der Waals surface area contributed by atoms with Gasteiger partial charge in [0.1, 0.15) is 12.1 Å². The molecule has 14 heteroatoms. The van der Waals surface area contributed by atoms with Crippen molar-refractivity contribution in [3.05, 3.63) is 119 Å². The Morgan fingerprint density at radius 2 is 1.33 bits per heavy atom. The van der Waals surface area contributed by atoms with Gasteiger partial charge in [0.2, 0.25) is 11.8 Å². The number of amides is 4. The molecule has 4 aromatic carbocycles. The predicted molar refractivity (Wildman–Crippen MR) is 179 cm³/mol. The topological polar surface area (TPSA) is 195 Å². The van der Waals surface area contributed by atoms with Crippen molar-refractivity contribution in [1.29, 1.82) is 0 Å². The first-order valence-corrected chi connectivity index (χ1v) is 15.3. The van der Waals surface area contributed by atoms with E-state index in [0.717, 1.165) is 40.6 Å². The molecule has 0 unspecified atom stereocenters. The third-order valence-electron chi connectivity index (χ3n) is 7.62. The molecule has 0 heterocycles. The number of aliphatic imine (C=N–C) groups is 1. The second kappa shape index (κ2) is 16.3. The quantitative estimate of drug-likeness (QED) is 0.0675. The van der Waals surface area contributed by atoms with Crippen LogP contribution in [0.2, 0.25) is 0 Å². The number of alkyl halides is 3. The zero-order valence-electron chi connectivity index (χ0n) is 26.3. The number of hydrogen-bond acceptors (Lipinski definition) is 5. The summed E-state index contributed by atoms with van der Waals surface area (Å²) in [6.07, 6.45) is -3.90. The van der Waals surface area contributed by atoms with Gasteiger partial charge in [0, 0.05) is 30.6 Å². The van der Waals surface area contributed by atoms with E-state index in [4.69, 9.17) is 17.2 Å². The molecule has 0 saturated carbocycles. The van der Waals surface area contributed by atoms with E-state index in [1.807, 2.05) is 42.5 Å². The largest absolute Gasteiger partial charge is 0.416 e. The van der Waals surface area contributed by atoms with Crippen LogP contribution in [0.25, 0.3) is 10.8 Å². The highest BCUT2D eigenvalue weighted by atomic mass is 19.4. The average Bonchev–Trinajstić information content (AvgIpc) is 3.07. The molecule has 4 aromatic rings. The number of nitrogens with zero attached hydrogens (tertiary/aromatic N) is 1. The number of benzene rings is 4. The van der Waals surface area contributed by atoms with Crippen LogP contribution in [0.4, 0.5) is 13.2 Å². The number of guanidine groups is 1. The van der Waals surface area contributed by atoms with E-state index >= 15 is 0 Å². The van der Waals surface area contributed by atoms with Crippen LogP contribution >= 0.6 is 0 Å². The highest BCUT2D eigenvalue weighted by Crippen LogP contribution is 2.29. The lowest BCUT2D eigenvalue weighted by Crippen LogP contribution is -2.53. The Kier molecular flexibility index (Phi) is 11.9. The van der Waals surface area contributed by atoms with Crippen LogP contribution in [0, 0.1) is 0 Å². The first-order valence-electron chi connectivity index (χ1n) is 15.3. The Labute approximate surface area is 280 Å².